The molecule has 1 amide bonds. The van der Waals surface area contributed by atoms with E-state index in [9.17, 15) is 4.79 Å². The summed E-state index contributed by atoms with van der Waals surface area (Å²) < 4.78 is 2.41. The minimum absolute atomic E-state index is 0.144. The Morgan fingerprint density at radius 2 is 2.00 bits per heavy atom. The van der Waals surface area contributed by atoms with Crippen molar-refractivity contribution in [2.75, 3.05) is 18.6 Å². The maximum absolute atomic E-state index is 13.2. The van der Waals surface area contributed by atoms with Crippen molar-refractivity contribution in [1.29, 1.82) is 0 Å². The Morgan fingerprint density at radius 3 is 2.83 bits per heavy atom. The molecule has 0 saturated heterocycles. The van der Waals surface area contributed by atoms with Crippen molar-refractivity contribution < 1.29 is 4.79 Å². The summed E-state index contributed by atoms with van der Waals surface area (Å²) in [4.78, 5) is 21.6. The largest absolute Gasteiger partial charge is 0.292 e. The predicted octanol–water partition coefficient (Wildman–Crippen LogP) is 3.60. The molecule has 1 aromatic carbocycles. The zero-order chi connectivity index (χ0) is 20.0. The van der Waals surface area contributed by atoms with Gasteiger partial charge in [0.05, 0.1) is 10.2 Å². The highest BCUT2D eigenvalue weighted by Crippen LogP contribution is 2.35. The molecule has 0 radical (unpaired) electrons. The molecule has 0 saturated carbocycles. The van der Waals surface area contributed by atoms with Crippen LogP contribution in [0.3, 0.4) is 0 Å². The second-order valence-electron chi connectivity index (χ2n) is 6.85. The van der Waals surface area contributed by atoms with Crippen molar-refractivity contribution in [3.8, 4) is 11.1 Å². The average molecular weight is 449 g/mol. The molecule has 0 fully saturated rings. The number of hydrazine groups is 1. The zero-order valence-electron chi connectivity index (χ0n) is 15.7. The van der Waals surface area contributed by atoms with Gasteiger partial charge in [-0.3, -0.25) is 14.8 Å². The Kier molecular flexibility index (Phi) is 4.28. The van der Waals surface area contributed by atoms with Crippen molar-refractivity contribution in [3.63, 3.8) is 0 Å². The molecule has 0 spiro atoms. The summed E-state index contributed by atoms with van der Waals surface area (Å²) in [6, 6.07) is 11.9. The van der Waals surface area contributed by atoms with Gasteiger partial charge in [0.25, 0.3) is 5.91 Å². The molecular formula is C21H17BrN6O. The molecule has 7 nitrogen and oxygen atoms in total. The Hall–Kier alpha value is -3.26. The van der Waals surface area contributed by atoms with Crippen LogP contribution in [-0.2, 0) is 6.42 Å². The van der Waals surface area contributed by atoms with E-state index < -0.39 is 0 Å². The van der Waals surface area contributed by atoms with E-state index in [4.69, 9.17) is 0 Å². The average Bonchev–Trinajstić information content (AvgIpc) is 3.17. The second-order valence-corrected chi connectivity index (χ2v) is 7.76. The number of benzene rings is 1. The van der Waals surface area contributed by atoms with Crippen LogP contribution in [0, 0.1) is 0 Å². The van der Waals surface area contributed by atoms with Gasteiger partial charge in [0.15, 0.2) is 11.3 Å². The summed E-state index contributed by atoms with van der Waals surface area (Å²) in [7, 11) is 1.91. The van der Waals surface area contributed by atoms with Crippen LogP contribution in [-0.4, -0.2) is 44.1 Å². The third kappa shape index (κ3) is 3.05. The molecule has 4 heterocycles. The summed E-state index contributed by atoms with van der Waals surface area (Å²) in [6.07, 6.45) is 7.84. The van der Waals surface area contributed by atoms with Crippen LogP contribution in [0.2, 0.25) is 0 Å². The molecular weight excluding hydrogens is 432 g/mol. The Morgan fingerprint density at radius 1 is 1.17 bits per heavy atom. The quantitative estimate of drug-likeness (QED) is 0.468. The van der Waals surface area contributed by atoms with E-state index in [-0.39, 0.29) is 5.91 Å². The molecule has 0 unspecified atom stereocenters. The van der Waals surface area contributed by atoms with Crippen molar-refractivity contribution in [2.45, 2.75) is 6.42 Å². The number of carbonyl (C=O) groups excluding carboxylic acids is 1. The van der Waals surface area contributed by atoms with Crippen LogP contribution in [0.5, 0.6) is 0 Å². The van der Waals surface area contributed by atoms with Gasteiger partial charge in [-0.2, -0.15) is 5.10 Å². The molecule has 1 aliphatic heterocycles. The lowest BCUT2D eigenvalue weighted by Gasteiger charge is -2.39. The summed E-state index contributed by atoms with van der Waals surface area (Å²) in [6.45, 7) is 0.579. The van der Waals surface area contributed by atoms with Gasteiger partial charge in [-0.15, -0.1) is 0 Å². The highest BCUT2D eigenvalue weighted by atomic mass is 79.9. The lowest BCUT2D eigenvalue weighted by Crippen LogP contribution is -2.48. The van der Waals surface area contributed by atoms with Gasteiger partial charge in [0, 0.05) is 44.4 Å². The van der Waals surface area contributed by atoms with Gasteiger partial charge in [-0.05, 0) is 57.2 Å². The fourth-order valence-corrected chi connectivity index (χ4v) is 4.07. The van der Waals surface area contributed by atoms with Gasteiger partial charge >= 0.3 is 0 Å². The molecule has 4 aromatic rings. The molecule has 1 aliphatic rings. The Balaban J connectivity index is 1.49. The molecule has 0 atom stereocenters. The number of anilines is 1. The normalized spacial score (nSPS) is 13.6. The summed E-state index contributed by atoms with van der Waals surface area (Å²) >= 11 is 3.38. The highest BCUT2D eigenvalue weighted by molar-refractivity contribution is 9.10. The number of carbonyl (C=O) groups is 1. The van der Waals surface area contributed by atoms with Crippen molar-refractivity contribution in [2.24, 2.45) is 0 Å². The van der Waals surface area contributed by atoms with E-state index in [1.807, 2.05) is 36.3 Å². The first-order chi connectivity index (χ1) is 14.1. The topological polar surface area (TPSA) is 66.6 Å². The maximum Gasteiger partial charge on any atom is 0.292 e. The van der Waals surface area contributed by atoms with Crippen LogP contribution < -0.4 is 5.01 Å². The highest BCUT2D eigenvalue weighted by Gasteiger charge is 2.29. The second kappa shape index (κ2) is 6.97. The lowest BCUT2D eigenvalue weighted by atomic mass is 9.95. The minimum atomic E-state index is -0.144. The SMILES string of the molecule is CN1c2cccc(-c3ccncc3)c2CCN1C(=O)c1cc2ncc(Br)cn2n1. The van der Waals surface area contributed by atoms with E-state index in [2.05, 4.69) is 37.1 Å². The van der Waals surface area contributed by atoms with Crippen LogP contribution in [0.1, 0.15) is 16.1 Å². The summed E-state index contributed by atoms with van der Waals surface area (Å²) in [5, 5.41) is 8.05. The molecule has 3 aromatic heterocycles. The molecule has 29 heavy (non-hydrogen) atoms. The van der Waals surface area contributed by atoms with Gasteiger partial charge in [0.1, 0.15) is 0 Å². The molecule has 5 rings (SSSR count). The number of amides is 1. The van der Waals surface area contributed by atoms with Crippen molar-refractivity contribution in [3.05, 3.63) is 76.9 Å². The fourth-order valence-electron chi connectivity index (χ4n) is 3.77. The van der Waals surface area contributed by atoms with Gasteiger partial charge in [-0.1, -0.05) is 12.1 Å². The fraction of sp³-hybridized carbons (Fsp3) is 0.143. The van der Waals surface area contributed by atoms with Crippen LogP contribution in [0.4, 0.5) is 5.69 Å². The third-order valence-electron chi connectivity index (χ3n) is 5.16. The van der Waals surface area contributed by atoms with Gasteiger partial charge in [0.2, 0.25) is 0 Å². The maximum atomic E-state index is 13.2. The molecule has 0 bridgehead atoms. The van der Waals surface area contributed by atoms with Crippen LogP contribution in [0.15, 0.2) is 65.7 Å². The number of halogens is 1. The molecule has 8 heteroatoms. The number of hydrogen-bond acceptors (Lipinski definition) is 5. The van der Waals surface area contributed by atoms with E-state index in [1.165, 1.54) is 11.1 Å². The Labute approximate surface area is 175 Å². The van der Waals surface area contributed by atoms with E-state index in [0.29, 0.717) is 17.9 Å². The first-order valence-corrected chi connectivity index (χ1v) is 10.00. The number of rotatable bonds is 2. The van der Waals surface area contributed by atoms with E-state index in [1.54, 1.807) is 40.4 Å². The number of aromatic nitrogens is 4. The van der Waals surface area contributed by atoms with Gasteiger partial charge in [-0.25, -0.2) is 14.5 Å². The molecule has 0 N–H and O–H groups in total. The third-order valence-corrected chi connectivity index (χ3v) is 5.57. The predicted molar refractivity (Wildman–Crippen MR) is 114 cm³/mol. The smallest absolute Gasteiger partial charge is 0.285 e. The standard InChI is InChI=1S/C21H17BrN6O/c1-26-19-4-2-3-16(14-5-8-23-9-6-14)17(19)7-10-28(26)21(29)18-11-20-24-12-15(22)13-27(20)25-18/h2-6,8-9,11-13H,7,10H2,1H3. The molecule has 144 valence electrons. The number of nitrogens with zero attached hydrogens (tertiary/aromatic N) is 6. The molecule has 0 aliphatic carbocycles. The summed E-state index contributed by atoms with van der Waals surface area (Å²) in [5.74, 6) is -0.144. The van der Waals surface area contributed by atoms with Gasteiger partial charge < -0.3 is 0 Å². The van der Waals surface area contributed by atoms with E-state index >= 15 is 0 Å². The summed E-state index contributed by atoms with van der Waals surface area (Å²) in [5.41, 5.74) is 5.55. The zero-order valence-corrected chi connectivity index (χ0v) is 17.2. The number of hydrogen-bond donors (Lipinski definition) is 0. The van der Waals surface area contributed by atoms with Crippen molar-refractivity contribution >= 4 is 33.2 Å². The monoisotopic (exact) mass is 448 g/mol. The van der Waals surface area contributed by atoms with Crippen LogP contribution >= 0.6 is 15.9 Å². The lowest BCUT2D eigenvalue weighted by molar-refractivity contribution is 0.0732. The Bertz CT molecular complexity index is 1220. The van der Waals surface area contributed by atoms with Crippen LogP contribution in [0.25, 0.3) is 16.8 Å². The number of fused-ring (bicyclic) bond motifs is 2. The first kappa shape index (κ1) is 17.8. The van der Waals surface area contributed by atoms with E-state index in [0.717, 1.165) is 22.1 Å². The first-order valence-electron chi connectivity index (χ1n) is 9.20. The minimum Gasteiger partial charge on any atom is -0.285 e. The number of pyridine rings is 1. The van der Waals surface area contributed by atoms with Crippen molar-refractivity contribution in [1.82, 2.24) is 24.6 Å².